The van der Waals surface area contributed by atoms with Gasteiger partial charge in [-0.3, -0.25) is 10.6 Å². The molecule has 27 heavy (non-hydrogen) atoms. The van der Waals surface area contributed by atoms with Crippen LogP contribution in [-0.4, -0.2) is 42.4 Å². The van der Waals surface area contributed by atoms with Gasteiger partial charge < -0.3 is 20.1 Å². The molecule has 0 saturated heterocycles. The van der Waals surface area contributed by atoms with Gasteiger partial charge >= 0.3 is 12.2 Å². The van der Waals surface area contributed by atoms with Crippen LogP contribution >= 0.6 is 36.2 Å². The van der Waals surface area contributed by atoms with Gasteiger partial charge in [0, 0.05) is 4.90 Å². The van der Waals surface area contributed by atoms with Crippen molar-refractivity contribution in [3.05, 3.63) is 18.2 Å². The largest absolute Gasteiger partial charge is 0.453 e. The minimum absolute atomic E-state index is 0.0585. The molecule has 4 N–H and O–H groups in total. The van der Waals surface area contributed by atoms with Gasteiger partial charge in [-0.1, -0.05) is 13.3 Å². The van der Waals surface area contributed by atoms with E-state index in [9.17, 15) is 9.59 Å². The van der Waals surface area contributed by atoms with Crippen molar-refractivity contribution < 1.29 is 19.1 Å². The summed E-state index contributed by atoms with van der Waals surface area (Å²) < 4.78 is 9.02. The van der Waals surface area contributed by atoms with Gasteiger partial charge in [0.2, 0.25) is 0 Å². The van der Waals surface area contributed by atoms with Crippen LogP contribution < -0.4 is 21.3 Å². The van der Waals surface area contributed by atoms with E-state index in [0.717, 1.165) is 23.5 Å². The third-order valence-electron chi connectivity index (χ3n) is 3.06. The van der Waals surface area contributed by atoms with Gasteiger partial charge in [-0.15, -0.1) is 11.8 Å². The molecule has 0 heterocycles. The summed E-state index contributed by atoms with van der Waals surface area (Å²) in [5.74, 6) is 0.982. The number of thioether (sulfide) groups is 1. The van der Waals surface area contributed by atoms with Crippen LogP contribution in [0.3, 0.4) is 0 Å². The molecule has 8 nitrogen and oxygen atoms in total. The summed E-state index contributed by atoms with van der Waals surface area (Å²) >= 11 is 11.9. The van der Waals surface area contributed by atoms with Crippen molar-refractivity contribution in [1.29, 1.82) is 0 Å². The Morgan fingerprint density at radius 2 is 1.56 bits per heavy atom. The van der Waals surface area contributed by atoms with Gasteiger partial charge in [0.1, 0.15) is 0 Å². The molecule has 0 saturated carbocycles. The van der Waals surface area contributed by atoms with Crippen molar-refractivity contribution in [1.82, 2.24) is 10.6 Å². The van der Waals surface area contributed by atoms with Gasteiger partial charge in [-0.2, -0.15) is 0 Å². The van der Waals surface area contributed by atoms with E-state index in [-0.39, 0.29) is 10.2 Å². The molecule has 11 heteroatoms. The van der Waals surface area contributed by atoms with E-state index in [4.69, 9.17) is 24.4 Å². The fraction of sp³-hybridized carbons (Fsp3) is 0.375. The number of hydrogen-bond donors (Lipinski definition) is 4. The predicted molar refractivity (Wildman–Crippen MR) is 116 cm³/mol. The molecule has 2 amide bonds. The molecule has 0 aromatic heterocycles. The lowest BCUT2D eigenvalue weighted by Gasteiger charge is -2.16. The quantitative estimate of drug-likeness (QED) is 0.306. The number of unbranched alkanes of at least 4 members (excludes halogenated alkanes) is 1. The second-order valence-corrected chi connectivity index (χ2v) is 7.04. The summed E-state index contributed by atoms with van der Waals surface area (Å²) in [6.07, 6.45) is 0.844. The van der Waals surface area contributed by atoms with Crippen molar-refractivity contribution in [3.63, 3.8) is 0 Å². The van der Waals surface area contributed by atoms with Gasteiger partial charge in [0.15, 0.2) is 10.2 Å². The van der Waals surface area contributed by atoms with Crippen molar-refractivity contribution >= 4 is 70.0 Å². The lowest BCUT2D eigenvalue weighted by Crippen LogP contribution is -2.35. The molecule has 0 fully saturated rings. The van der Waals surface area contributed by atoms with E-state index < -0.39 is 12.2 Å². The topological polar surface area (TPSA) is 101 Å². The van der Waals surface area contributed by atoms with Crippen LogP contribution in [0.5, 0.6) is 0 Å². The van der Waals surface area contributed by atoms with Crippen LogP contribution in [-0.2, 0) is 9.47 Å². The Kier molecular flexibility index (Phi) is 10.5. The molecule has 1 rings (SSSR count). The number of rotatable bonds is 6. The number of benzene rings is 1. The summed E-state index contributed by atoms with van der Waals surface area (Å²) in [6.45, 7) is 2.13. The van der Waals surface area contributed by atoms with E-state index in [2.05, 4.69) is 37.7 Å². The summed E-state index contributed by atoms with van der Waals surface area (Å²) in [4.78, 5) is 23.6. The number of alkyl carbamates (subject to hydrolysis) is 2. The first-order valence-electron chi connectivity index (χ1n) is 7.98. The molecular formula is C16H22N4O4S3. The van der Waals surface area contributed by atoms with Crippen LogP contribution in [0.4, 0.5) is 21.0 Å². The van der Waals surface area contributed by atoms with Gasteiger partial charge in [-0.25, -0.2) is 9.59 Å². The SMILES string of the molecule is CCCCSc1ccc(NC(=S)NC(=O)OC)c(NC(=S)NC(=O)OC)c1. The van der Waals surface area contributed by atoms with Gasteiger partial charge in [0.05, 0.1) is 25.6 Å². The number of amides is 2. The third kappa shape index (κ3) is 8.89. The van der Waals surface area contributed by atoms with E-state index in [1.165, 1.54) is 14.2 Å². The molecule has 148 valence electrons. The number of thiocarbonyl (C=S) groups is 2. The Labute approximate surface area is 173 Å². The highest BCUT2D eigenvalue weighted by atomic mass is 32.2. The van der Waals surface area contributed by atoms with Crippen LogP contribution in [0.2, 0.25) is 0 Å². The zero-order valence-corrected chi connectivity index (χ0v) is 17.7. The lowest BCUT2D eigenvalue weighted by molar-refractivity contribution is 0.176. The first-order chi connectivity index (χ1) is 12.9. The maximum Gasteiger partial charge on any atom is 0.413 e. The number of ether oxygens (including phenoxy) is 2. The summed E-state index contributed by atoms with van der Waals surface area (Å²) in [5, 5.41) is 10.7. The highest BCUT2D eigenvalue weighted by molar-refractivity contribution is 7.99. The van der Waals surface area contributed by atoms with Crippen LogP contribution in [0.25, 0.3) is 0 Å². The zero-order chi connectivity index (χ0) is 20.2. The monoisotopic (exact) mass is 430 g/mol. The second kappa shape index (κ2) is 12.3. The van der Waals surface area contributed by atoms with Crippen molar-refractivity contribution in [3.8, 4) is 0 Å². The number of carbonyl (C=O) groups excluding carboxylic acids is 2. The Morgan fingerprint density at radius 3 is 2.07 bits per heavy atom. The molecular weight excluding hydrogens is 408 g/mol. The number of hydrogen-bond acceptors (Lipinski definition) is 7. The maximum atomic E-state index is 11.3. The smallest absolute Gasteiger partial charge is 0.413 e. The standard InChI is InChI=1S/C16H22N4O4S3/c1-4-5-8-27-10-6-7-11(17-13(25)19-15(21)23-2)12(9-10)18-14(26)20-16(22)24-3/h6-7,9H,4-5,8H2,1-3H3,(H2,17,19,21,25)(H2,18,20,22,26). The first-order valence-corrected chi connectivity index (χ1v) is 9.78. The summed E-state index contributed by atoms with van der Waals surface area (Å²) in [6, 6.07) is 5.59. The highest BCUT2D eigenvalue weighted by Gasteiger charge is 2.11. The second-order valence-electron chi connectivity index (χ2n) is 5.05. The van der Waals surface area contributed by atoms with Gasteiger partial charge in [0.25, 0.3) is 0 Å². The minimum Gasteiger partial charge on any atom is -0.453 e. The normalized spacial score (nSPS) is 9.74. The predicted octanol–water partition coefficient (Wildman–Crippen LogP) is 3.68. The van der Waals surface area contributed by atoms with Crippen LogP contribution in [0.1, 0.15) is 19.8 Å². The van der Waals surface area contributed by atoms with Crippen LogP contribution in [0, 0.1) is 0 Å². The fourth-order valence-corrected chi connectivity index (χ4v) is 3.18. The molecule has 0 bridgehead atoms. The number of nitrogens with one attached hydrogen (secondary N) is 4. The number of carbonyl (C=O) groups is 2. The van der Waals surface area contributed by atoms with E-state index in [0.29, 0.717) is 11.4 Å². The average Bonchev–Trinajstić information content (AvgIpc) is 2.63. The zero-order valence-electron chi connectivity index (χ0n) is 15.2. The maximum absolute atomic E-state index is 11.3. The number of anilines is 2. The Hall–Kier alpha value is -2.11. The molecule has 0 atom stereocenters. The average molecular weight is 431 g/mol. The molecule has 0 aliphatic heterocycles. The van der Waals surface area contributed by atoms with Crippen molar-refractivity contribution in [2.45, 2.75) is 24.7 Å². The molecule has 1 aromatic rings. The Bertz CT molecular complexity index is 700. The molecule has 0 radical (unpaired) electrons. The molecule has 0 unspecified atom stereocenters. The minimum atomic E-state index is -0.684. The van der Waals surface area contributed by atoms with Gasteiger partial charge in [-0.05, 0) is 54.8 Å². The summed E-state index contributed by atoms with van der Waals surface area (Å²) in [5.41, 5.74) is 1.14. The van der Waals surface area contributed by atoms with Crippen molar-refractivity contribution in [2.75, 3.05) is 30.6 Å². The van der Waals surface area contributed by atoms with E-state index in [1.807, 2.05) is 12.1 Å². The molecule has 1 aromatic carbocycles. The fourth-order valence-electron chi connectivity index (χ4n) is 1.75. The Morgan fingerprint density at radius 1 is 1.00 bits per heavy atom. The van der Waals surface area contributed by atoms with E-state index >= 15 is 0 Å². The molecule has 0 aliphatic carbocycles. The molecule has 0 aliphatic rings. The third-order valence-corrected chi connectivity index (χ3v) is 4.54. The lowest BCUT2D eigenvalue weighted by atomic mass is 10.2. The van der Waals surface area contributed by atoms with Crippen LogP contribution in [0.15, 0.2) is 23.1 Å². The first kappa shape index (κ1) is 22.9. The Balaban J connectivity index is 2.94. The van der Waals surface area contributed by atoms with E-state index in [1.54, 1.807) is 17.8 Å². The molecule has 0 spiro atoms. The van der Waals surface area contributed by atoms with Crippen molar-refractivity contribution in [2.24, 2.45) is 0 Å². The number of methoxy groups -OCH3 is 2. The highest BCUT2D eigenvalue weighted by Crippen LogP contribution is 2.29. The summed E-state index contributed by atoms with van der Waals surface area (Å²) in [7, 11) is 2.48.